The van der Waals surface area contributed by atoms with Crippen LogP contribution in [0.5, 0.6) is 17.2 Å². The van der Waals surface area contributed by atoms with Crippen molar-refractivity contribution < 1.29 is 23.4 Å². The highest BCUT2D eigenvalue weighted by molar-refractivity contribution is 6.02. The highest BCUT2D eigenvalue weighted by Gasteiger charge is 2.13. The molecule has 0 aliphatic heterocycles. The summed E-state index contributed by atoms with van der Waals surface area (Å²) in [5.41, 5.74) is 2.77. The van der Waals surface area contributed by atoms with E-state index in [-0.39, 0.29) is 25.0 Å². The Morgan fingerprint density at radius 1 is 1.06 bits per heavy atom. The minimum Gasteiger partial charge on any atom is -0.497 e. The van der Waals surface area contributed by atoms with E-state index >= 15 is 0 Å². The molecular formula is C25H25N3O5. The van der Waals surface area contributed by atoms with Crippen molar-refractivity contribution in [1.29, 1.82) is 0 Å². The summed E-state index contributed by atoms with van der Waals surface area (Å²) in [6, 6.07) is 16.6. The number of methoxy groups -OCH3 is 1. The molecule has 0 bridgehead atoms. The van der Waals surface area contributed by atoms with Gasteiger partial charge in [-0.15, -0.1) is 0 Å². The summed E-state index contributed by atoms with van der Waals surface area (Å²) in [5.74, 6) is 2.47. The van der Waals surface area contributed by atoms with Crippen LogP contribution in [-0.4, -0.2) is 22.8 Å². The standard InChI is InChI=1S/C25H25N3O5/c1-17-7-9-23(18(2)11-17)32-16-28-14-19(13-26-28)27-25(29)24-10-8-22(33-24)15-31-21-6-4-5-20(12-21)30-3/h4-14H,15-16H2,1-3H3,(H,27,29). The van der Waals surface area contributed by atoms with Crippen molar-refractivity contribution >= 4 is 11.6 Å². The van der Waals surface area contributed by atoms with Gasteiger partial charge in [0.05, 0.1) is 25.2 Å². The van der Waals surface area contributed by atoms with Crippen molar-refractivity contribution in [3.63, 3.8) is 0 Å². The SMILES string of the molecule is COc1cccc(OCc2ccc(C(=O)Nc3cnn(COc4ccc(C)cc4C)c3)o2)c1. The lowest BCUT2D eigenvalue weighted by atomic mass is 10.1. The summed E-state index contributed by atoms with van der Waals surface area (Å²) in [6.07, 6.45) is 3.25. The lowest BCUT2D eigenvalue weighted by Crippen LogP contribution is -2.10. The fraction of sp³-hybridized carbons (Fsp3) is 0.200. The topological polar surface area (TPSA) is 87.8 Å². The van der Waals surface area contributed by atoms with Crippen LogP contribution in [0.2, 0.25) is 0 Å². The third kappa shape index (κ3) is 5.74. The number of hydrogen-bond donors (Lipinski definition) is 1. The van der Waals surface area contributed by atoms with Crippen molar-refractivity contribution in [2.45, 2.75) is 27.2 Å². The molecule has 33 heavy (non-hydrogen) atoms. The number of rotatable bonds is 9. The Hall–Kier alpha value is -4.20. The zero-order valence-corrected chi connectivity index (χ0v) is 18.7. The molecule has 2 aromatic carbocycles. The predicted octanol–water partition coefficient (Wildman–Crippen LogP) is 4.97. The van der Waals surface area contributed by atoms with Crippen LogP contribution in [0.15, 0.2) is 71.4 Å². The zero-order valence-electron chi connectivity index (χ0n) is 18.7. The van der Waals surface area contributed by atoms with Gasteiger partial charge in [0.25, 0.3) is 5.91 Å². The van der Waals surface area contributed by atoms with Gasteiger partial charge in [0.1, 0.15) is 29.6 Å². The molecule has 0 atom stereocenters. The molecular weight excluding hydrogens is 422 g/mol. The van der Waals surface area contributed by atoms with Crippen molar-refractivity contribution in [3.8, 4) is 17.2 Å². The number of carbonyl (C=O) groups is 1. The lowest BCUT2D eigenvalue weighted by molar-refractivity contribution is 0.0992. The molecule has 4 rings (SSSR count). The summed E-state index contributed by atoms with van der Waals surface area (Å²) in [4.78, 5) is 12.5. The van der Waals surface area contributed by atoms with Crippen molar-refractivity contribution in [2.24, 2.45) is 0 Å². The highest BCUT2D eigenvalue weighted by atomic mass is 16.5. The Morgan fingerprint density at radius 2 is 1.91 bits per heavy atom. The first kappa shape index (κ1) is 22.0. The second-order valence-corrected chi connectivity index (χ2v) is 7.50. The first-order valence-electron chi connectivity index (χ1n) is 10.4. The number of aromatic nitrogens is 2. The van der Waals surface area contributed by atoms with Crippen molar-refractivity contribution in [2.75, 3.05) is 12.4 Å². The molecule has 2 heterocycles. The maximum absolute atomic E-state index is 12.5. The molecule has 8 heteroatoms. The van der Waals surface area contributed by atoms with Gasteiger partial charge >= 0.3 is 0 Å². The van der Waals surface area contributed by atoms with Crippen LogP contribution in [0, 0.1) is 13.8 Å². The van der Waals surface area contributed by atoms with Crippen LogP contribution in [-0.2, 0) is 13.3 Å². The zero-order chi connectivity index (χ0) is 23.2. The van der Waals surface area contributed by atoms with Gasteiger partial charge in [-0.1, -0.05) is 23.8 Å². The molecule has 0 radical (unpaired) electrons. The highest BCUT2D eigenvalue weighted by Crippen LogP contribution is 2.21. The van der Waals surface area contributed by atoms with Crippen LogP contribution in [0.3, 0.4) is 0 Å². The van der Waals surface area contributed by atoms with Crippen LogP contribution < -0.4 is 19.5 Å². The fourth-order valence-electron chi connectivity index (χ4n) is 3.21. The Bertz CT molecular complexity index is 1240. The maximum Gasteiger partial charge on any atom is 0.291 e. The third-order valence-corrected chi connectivity index (χ3v) is 4.88. The van der Waals surface area contributed by atoms with E-state index in [1.54, 1.807) is 42.4 Å². The van der Waals surface area contributed by atoms with Crippen molar-refractivity contribution in [3.05, 3.63) is 89.6 Å². The predicted molar refractivity (Wildman–Crippen MR) is 123 cm³/mol. The molecule has 0 saturated carbocycles. The second kappa shape index (κ2) is 9.95. The van der Waals surface area contributed by atoms with E-state index in [4.69, 9.17) is 18.6 Å². The Balaban J connectivity index is 1.30. The van der Waals surface area contributed by atoms with E-state index in [2.05, 4.69) is 16.5 Å². The number of aryl methyl sites for hydroxylation is 2. The van der Waals surface area contributed by atoms with E-state index in [0.29, 0.717) is 22.9 Å². The smallest absolute Gasteiger partial charge is 0.291 e. The molecule has 1 amide bonds. The lowest BCUT2D eigenvalue weighted by Gasteiger charge is -2.09. The van der Waals surface area contributed by atoms with Gasteiger partial charge in [0.2, 0.25) is 0 Å². The quantitative estimate of drug-likeness (QED) is 0.390. The maximum atomic E-state index is 12.5. The van der Waals surface area contributed by atoms with Gasteiger partial charge in [-0.3, -0.25) is 4.79 Å². The van der Waals surface area contributed by atoms with Gasteiger partial charge in [-0.2, -0.15) is 5.10 Å². The molecule has 8 nitrogen and oxygen atoms in total. The average molecular weight is 447 g/mol. The molecule has 2 aromatic heterocycles. The minimum absolute atomic E-state index is 0.179. The van der Waals surface area contributed by atoms with Gasteiger partial charge in [0.15, 0.2) is 12.5 Å². The Kier molecular flexibility index (Phi) is 6.64. The normalized spacial score (nSPS) is 10.6. The first-order chi connectivity index (χ1) is 16.0. The van der Waals surface area contributed by atoms with Gasteiger partial charge < -0.3 is 23.9 Å². The third-order valence-electron chi connectivity index (χ3n) is 4.88. The molecule has 0 saturated heterocycles. The molecule has 4 aromatic rings. The van der Waals surface area contributed by atoms with E-state index in [1.807, 2.05) is 44.2 Å². The molecule has 1 N–H and O–H groups in total. The van der Waals surface area contributed by atoms with Crippen LogP contribution in [0.25, 0.3) is 0 Å². The van der Waals surface area contributed by atoms with E-state index < -0.39 is 0 Å². The van der Waals surface area contributed by atoms with Gasteiger partial charge in [-0.05, 0) is 49.7 Å². The van der Waals surface area contributed by atoms with Crippen LogP contribution >= 0.6 is 0 Å². The summed E-state index contributed by atoms with van der Waals surface area (Å²) in [6.45, 7) is 4.45. The average Bonchev–Trinajstić information content (AvgIpc) is 3.47. The monoisotopic (exact) mass is 447 g/mol. The van der Waals surface area contributed by atoms with Crippen molar-refractivity contribution in [1.82, 2.24) is 9.78 Å². The number of benzene rings is 2. The van der Waals surface area contributed by atoms with Crippen LogP contribution in [0.1, 0.15) is 27.4 Å². The summed E-state index contributed by atoms with van der Waals surface area (Å²) < 4.78 is 23.9. The summed E-state index contributed by atoms with van der Waals surface area (Å²) in [5, 5.41) is 6.99. The number of hydrogen-bond acceptors (Lipinski definition) is 6. The Morgan fingerprint density at radius 3 is 2.73 bits per heavy atom. The second-order valence-electron chi connectivity index (χ2n) is 7.50. The summed E-state index contributed by atoms with van der Waals surface area (Å²) >= 11 is 0. The minimum atomic E-state index is -0.377. The van der Waals surface area contributed by atoms with Gasteiger partial charge in [0, 0.05) is 6.07 Å². The van der Waals surface area contributed by atoms with E-state index in [9.17, 15) is 4.79 Å². The molecule has 0 unspecified atom stereocenters. The number of nitrogens with one attached hydrogen (secondary N) is 1. The number of furan rings is 1. The number of carbonyl (C=O) groups excluding carboxylic acids is 1. The fourth-order valence-corrected chi connectivity index (χ4v) is 3.21. The summed E-state index contributed by atoms with van der Waals surface area (Å²) in [7, 11) is 1.60. The molecule has 0 aliphatic carbocycles. The number of nitrogens with zero attached hydrogens (tertiary/aromatic N) is 2. The molecule has 0 spiro atoms. The van der Waals surface area contributed by atoms with E-state index in [1.165, 1.54) is 5.56 Å². The Labute approximate surface area is 191 Å². The van der Waals surface area contributed by atoms with Gasteiger partial charge in [-0.25, -0.2) is 4.68 Å². The number of ether oxygens (including phenoxy) is 3. The van der Waals surface area contributed by atoms with Crippen LogP contribution in [0.4, 0.5) is 5.69 Å². The number of anilines is 1. The first-order valence-corrected chi connectivity index (χ1v) is 10.4. The molecule has 0 aliphatic rings. The largest absolute Gasteiger partial charge is 0.497 e. The van der Waals surface area contributed by atoms with E-state index in [0.717, 1.165) is 11.3 Å². The molecule has 0 fully saturated rings. The molecule has 170 valence electrons. The number of amides is 1.